The molecule has 1 aromatic carbocycles. The van der Waals surface area contributed by atoms with E-state index in [0.29, 0.717) is 37.3 Å². The number of rotatable bonds is 5. The highest BCUT2D eigenvalue weighted by Gasteiger charge is 2.45. The van der Waals surface area contributed by atoms with E-state index < -0.39 is 5.41 Å². The Morgan fingerprint density at radius 2 is 1.93 bits per heavy atom. The number of piperidine rings is 1. The van der Waals surface area contributed by atoms with Gasteiger partial charge in [0.25, 0.3) is 5.91 Å². The summed E-state index contributed by atoms with van der Waals surface area (Å²) in [4.78, 5) is 32.7. The molecule has 1 saturated heterocycles. The second-order valence-corrected chi connectivity index (χ2v) is 7.57. The van der Waals surface area contributed by atoms with Gasteiger partial charge in [-0.25, -0.2) is 0 Å². The number of amides is 2. The monoisotopic (exact) mass is 403 g/mol. The summed E-state index contributed by atoms with van der Waals surface area (Å²) in [6, 6.07) is 15.0. The van der Waals surface area contributed by atoms with Gasteiger partial charge in [0.1, 0.15) is 5.41 Å². The third kappa shape index (κ3) is 3.70. The van der Waals surface area contributed by atoms with Crippen LogP contribution in [-0.4, -0.2) is 51.6 Å². The number of aromatic nitrogens is 3. The number of carbonyl (C=O) groups excluding carboxylic acids is 2. The van der Waals surface area contributed by atoms with Gasteiger partial charge in [-0.15, -0.1) is 0 Å². The van der Waals surface area contributed by atoms with Crippen LogP contribution in [0.4, 0.5) is 0 Å². The molecule has 1 aliphatic heterocycles. The molecule has 1 atom stereocenters. The summed E-state index contributed by atoms with van der Waals surface area (Å²) < 4.78 is 1.80. The molecule has 1 fully saturated rings. The van der Waals surface area contributed by atoms with E-state index >= 15 is 0 Å². The fraction of sp³-hybridized carbons (Fsp3) is 0.304. The van der Waals surface area contributed by atoms with Crippen molar-refractivity contribution in [3.8, 4) is 0 Å². The number of hydrogen-bond acceptors (Lipinski definition) is 4. The third-order valence-corrected chi connectivity index (χ3v) is 5.74. The lowest BCUT2D eigenvalue weighted by Gasteiger charge is -2.41. The van der Waals surface area contributed by atoms with Crippen LogP contribution in [0.15, 0.2) is 67.1 Å². The van der Waals surface area contributed by atoms with E-state index in [0.717, 1.165) is 12.0 Å². The molecule has 0 saturated carbocycles. The number of likely N-dealkylation sites (N-methyl/N-ethyl adjacent to an activating group) is 1. The Bertz CT molecular complexity index is 1020. The summed E-state index contributed by atoms with van der Waals surface area (Å²) in [5.74, 6) is -0.176. The first kappa shape index (κ1) is 19.8. The van der Waals surface area contributed by atoms with Crippen LogP contribution in [0, 0.1) is 0 Å². The molecule has 1 aliphatic rings. The SMILES string of the molecule is CNC(=O)[C@]1(c2ccccn2)CCCN(C(=O)c2ccccc2Cn2cccn2)C1. The Balaban J connectivity index is 1.65. The molecule has 0 unspecified atom stereocenters. The molecule has 7 nitrogen and oxygen atoms in total. The first-order valence-electron chi connectivity index (χ1n) is 10.1. The molecule has 3 heterocycles. The topological polar surface area (TPSA) is 80.1 Å². The lowest BCUT2D eigenvalue weighted by Crippen LogP contribution is -2.56. The van der Waals surface area contributed by atoms with Crippen molar-refractivity contribution in [1.82, 2.24) is 25.0 Å². The number of hydrogen-bond donors (Lipinski definition) is 1. The van der Waals surface area contributed by atoms with Crippen LogP contribution < -0.4 is 5.32 Å². The number of nitrogens with one attached hydrogen (secondary N) is 1. The van der Waals surface area contributed by atoms with Gasteiger partial charge in [0.05, 0.1) is 12.2 Å². The molecule has 0 spiro atoms. The van der Waals surface area contributed by atoms with Gasteiger partial charge in [0.2, 0.25) is 5.91 Å². The Kier molecular flexibility index (Phi) is 5.61. The minimum Gasteiger partial charge on any atom is -0.358 e. The van der Waals surface area contributed by atoms with Crippen molar-refractivity contribution < 1.29 is 9.59 Å². The summed E-state index contributed by atoms with van der Waals surface area (Å²) in [6.07, 6.45) is 6.68. The van der Waals surface area contributed by atoms with Crippen LogP contribution in [0.2, 0.25) is 0 Å². The van der Waals surface area contributed by atoms with Crippen molar-refractivity contribution in [1.29, 1.82) is 0 Å². The maximum absolute atomic E-state index is 13.5. The maximum Gasteiger partial charge on any atom is 0.254 e. The summed E-state index contributed by atoms with van der Waals surface area (Å²) in [5.41, 5.74) is 1.40. The van der Waals surface area contributed by atoms with Gasteiger partial charge in [-0.05, 0) is 42.7 Å². The summed E-state index contributed by atoms with van der Waals surface area (Å²) >= 11 is 0. The quantitative estimate of drug-likeness (QED) is 0.709. The first-order chi connectivity index (χ1) is 14.6. The van der Waals surface area contributed by atoms with E-state index in [-0.39, 0.29) is 11.8 Å². The highest BCUT2D eigenvalue weighted by Crippen LogP contribution is 2.34. The molecule has 2 amide bonds. The van der Waals surface area contributed by atoms with E-state index in [1.807, 2.05) is 54.7 Å². The number of pyridine rings is 1. The summed E-state index contributed by atoms with van der Waals surface area (Å²) in [5, 5.41) is 7.04. The Labute approximate surface area is 175 Å². The van der Waals surface area contributed by atoms with Crippen molar-refractivity contribution in [3.05, 3.63) is 83.9 Å². The van der Waals surface area contributed by atoms with Crippen LogP contribution in [0.25, 0.3) is 0 Å². The van der Waals surface area contributed by atoms with Crippen LogP contribution in [-0.2, 0) is 16.8 Å². The smallest absolute Gasteiger partial charge is 0.254 e. The van der Waals surface area contributed by atoms with Gasteiger partial charge in [-0.1, -0.05) is 24.3 Å². The average Bonchev–Trinajstić information content (AvgIpc) is 3.32. The van der Waals surface area contributed by atoms with E-state index in [9.17, 15) is 9.59 Å². The van der Waals surface area contributed by atoms with Crippen LogP contribution in [0.3, 0.4) is 0 Å². The van der Waals surface area contributed by atoms with Gasteiger partial charge < -0.3 is 10.2 Å². The number of likely N-dealkylation sites (tertiary alicyclic amines) is 1. The van der Waals surface area contributed by atoms with E-state index in [1.165, 1.54) is 0 Å². The molecule has 2 aromatic heterocycles. The number of nitrogens with zero attached hydrogens (tertiary/aromatic N) is 4. The highest BCUT2D eigenvalue weighted by atomic mass is 16.2. The van der Waals surface area contributed by atoms with Gasteiger partial charge >= 0.3 is 0 Å². The normalized spacial score (nSPS) is 18.8. The van der Waals surface area contributed by atoms with Gasteiger partial charge in [0.15, 0.2) is 0 Å². The third-order valence-electron chi connectivity index (χ3n) is 5.74. The fourth-order valence-corrected chi connectivity index (χ4v) is 4.23. The van der Waals surface area contributed by atoms with Crippen molar-refractivity contribution in [3.63, 3.8) is 0 Å². The van der Waals surface area contributed by atoms with Gasteiger partial charge in [-0.3, -0.25) is 19.3 Å². The van der Waals surface area contributed by atoms with Crippen LogP contribution in [0.5, 0.6) is 0 Å². The van der Waals surface area contributed by atoms with Crippen molar-refractivity contribution in [2.75, 3.05) is 20.1 Å². The van der Waals surface area contributed by atoms with Crippen molar-refractivity contribution in [2.24, 2.45) is 0 Å². The maximum atomic E-state index is 13.5. The minimum absolute atomic E-state index is 0.0679. The summed E-state index contributed by atoms with van der Waals surface area (Å²) in [6.45, 7) is 1.43. The lowest BCUT2D eigenvalue weighted by atomic mass is 9.75. The molecule has 4 rings (SSSR count). The van der Waals surface area contributed by atoms with Crippen LogP contribution in [0.1, 0.15) is 34.5 Å². The van der Waals surface area contributed by atoms with Gasteiger partial charge in [-0.2, -0.15) is 5.10 Å². The second-order valence-electron chi connectivity index (χ2n) is 7.57. The van der Waals surface area contributed by atoms with E-state index in [2.05, 4.69) is 15.4 Å². The van der Waals surface area contributed by atoms with E-state index in [4.69, 9.17) is 0 Å². The minimum atomic E-state index is -0.846. The zero-order valence-electron chi connectivity index (χ0n) is 17.0. The molecule has 30 heavy (non-hydrogen) atoms. The van der Waals surface area contributed by atoms with Gasteiger partial charge in [0, 0.05) is 44.3 Å². The molecule has 0 radical (unpaired) electrons. The Hall–Kier alpha value is -3.48. The number of benzene rings is 1. The molecule has 0 bridgehead atoms. The highest BCUT2D eigenvalue weighted by molar-refractivity contribution is 5.97. The van der Waals surface area contributed by atoms with E-state index in [1.54, 1.807) is 29.0 Å². The predicted molar refractivity (Wildman–Crippen MR) is 113 cm³/mol. The molecular weight excluding hydrogens is 378 g/mol. The molecule has 7 heteroatoms. The fourth-order valence-electron chi connectivity index (χ4n) is 4.23. The first-order valence-corrected chi connectivity index (χ1v) is 10.1. The molecule has 3 aromatic rings. The average molecular weight is 403 g/mol. The summed E-state index contributed by atoms with van der Waals surface area (Å²) in [7, 11) is 1.63. The van der Waals surface area contributed by atoms with Crippen molar-refractivity contribution >= 4 is 11.8 Å². The molecular formula is C23H25N5O2. The van der Waals surface area contributed by atoms with Crippen molar-refractivity contribution in [2.45, 2.75) is 24.8 Å². The standard InChI is InChI=1S/C23H25N5O2/c1-24-22(30)23(20-10-4-5-12-25-20)11-6-14-27(17-23)21(29)19-9-3-2-8-18(19)16-28-15-7-13-26-28/h2-5,7-10,12-13,15H,6,11,14,16-17H2,1H3,(H,24,30)/t23-/m1/s1. The largest absolute Gasteiger partial charge is 0.358 e. The lowest BCUT2D eigenvalue weighted by molar-refractivity contribution is -0.128. The molecule has 154 valence electrons. The predicted octanol–water partition coefficient (Wildman–Crippen LogP) is 2.25. The second kappa shape index (κ2) is 8.49. The van der Waals surface area contributed by atoms with Crippen LogP contribution >= 0.6 is 0 Å². The molecule has 1 N–H and O–H groups in total. The zero-order valence-corrected chi connectivity index (χ0v) is 17.0. The zero-order chi connectivity index (χ0) is 21.0. The Morgan fingerprint density at radius 3 is 2.67 bits per heavy atom. The molecule has 0 aliphatic carbocycles. The Morgan fingerprint density at radius 1 is 1.10 bits per heavy atom. The number of carbonyl (C=O) groups is 2.